The van der Waals surface area contributed by atoms with Gasteiger partial charge in [-0.1, -0.05) is 44.2 Å². The molecule has 10 heteroatoms. The molecule has 0 aliphatic rings. The number of hydrogen-bond donors (Lipinski definition) is 2. The molecule has 2 aromatic carbocycles. The molecule has 2 amide bonds. The second-order valence-electron chi connectivity index (χ2n) is 9.51. The first-order valence-corrected chi connectivity index (χ1v) is 11.9. The van der Waals surface area contributed by atoms with E-state index < -0.39 is 5.69 Å². The second kappa shape index (κ2) is 10.2. The van der Waals surface area contributed by atoms with Crippen molar-refractivity contribution in [1.29, 1.82) is 0 Å². The predicted molar refractivity (Wildman–Crippen MR) is 137 cm³/mol. The lowest BCUT2D eigenvalue weighted by Gasteiger charge is -2.11. The van der Waals surface area contributed by atoms with Gasteiger partial charge in [-0.3, -0.25) is 19.0 Å². The Hall–Kier alpha value is -4.21. The molecule has 0 radical (unpaired) electrons. The van der Waals surface area contributed by atoms with E-state index in [9.17, 15) is 19.2 Å². The third-order valence-corrected chi connectivity index (χ3v) is 5.64. The van der Waals surface area contributed by atoms with Gasteiger partial charge in [-0.15, -0.1) is 5.10 Å². The fourth-order valence-corrected chi connectivity index (χ4v) is 3.97. The first kappa shape index (κ1) is 24.9. The molecule has 4 aromatic rings. The largest absolute Gasteiger partial charge is 0.352 e. The number of hydrogen-bond acceptors (Lipinski definition) is 5. The number of benzene rings is 2. The molecule has 0 unspecified atom stereocenters. The van der Waals surface area contributed by atoms with Crippen LogP contribution in [0, 0.1) is 5.92 Å². The lowest BCUT2D eigenvalue weighted by atomic mass is 10.1. The van der Waals surface area contributed by atoms with E-state index in [2.05, 4.69) is 15.7 Å². The first-order valence-electron chi connectivity index (χ1n) is 11.9. The van der Waals surface area contributed by atoms with E-state index in [1.165, 1.54) is 15.0 Å². The van der Waals surface area contributed by atoms with E-state index >= 15 is 0 Å². The summed E-state index contributed by atoms with van der Waals surface area (Å²) < 4.78 is 3.74. The number of aromatic nitrogens is 4. The van der Waals surface area contributed by atoms with E-state index in [0.717, 1.165) is 10.2 Å². The van der Waals surface area contributed by atoms with Crippen molar-refractivity contribution in [3.05, 3.63) is 80.5 Å². The quantitative estimate of drug-likeness (QED) is 0.390. The molecule has 0 saturated heterocycles. The minimum Gasteiger partial charge on any atom is -0.352 e. The normalized spacial score (nSPS) is 11.5. The average molecular weight is 491 g/mol. The van der Waals surface area contributed by atoms with Gasteiger partial charge in [0.1, 0.15) is 6.54 Å². The molecule has 2 N–H and O–H groups in total. The highest BCUT2D eigenvalue weighted by Crippen LogP contribution is 2.15. The summed E-state index contributed by atoms with van der Waals surface area (Å²) in [7, 11) is 0. The fourth-order valence-electron chi connectivity index (χ4n) is 3.97. The molecule has 0 fully saturated rings. The molecule has 0 saturated carbocycles. The summed E-state index contributed by atoms with van der Waals surface area (Å²) >= 11 is 0. The number of carbonyl (C=O) groups excluding carboxylic acids is 2. The van der Waals surface area contributed by atoms with E-state index in [0.29, 0.717) is 12.1 Å². The van der Waals surface area contributed by atoms with E-state index in [1.807, 2.05) is 58.0 Å². The highest BCUT2D eigenvalue weighted by molar-refractivity contribution is 5.98. The molecule has 36 heavy (non-hydrogen) atoms. The van der Waals surface area contributed by atoms with Gasteiger partial charge in [0.05, 0.1) is 17.4 Å². The van der Waals surface area contributed by atoms with Crippen LogP contribution in [-0.2, 0) is 17.9 Å². The van der Waals surface area contributed by atoms with Crippen molar-refractivity contribution in [3.63, 3.8) is 0 Å². The van der Waals surface area contributed by atoms with Gasteiger partial charge in [0, 0.05) is 18.2 Å². The van der Waals surface area contributed by atoms with Crippen LogP contribution in [0.5, 0.6) is 0 Å². The third-order valence-electron chi connectivity index (χ3n) is 5.64. The molecule has 188 valence electrons. The van der Waals surface area contributed by atoms with Crippen LogP contribution in [0.25, 0.3) is 16.7 Å². The van der Waals surface area contributed by atoms with Gasteiger partial charge >= 0.3 is 5.69 Å². The number of amides is 2. The Kier molecular flexibility index (Phi) is 7.05. The summed E-state index contributed by atoms with van der Waals surface area (Å²) in [6.07, 6.45) is 0. The van der Waals surface area contributed by atoms with Crippen LogP contribution >= 0.6 is 0 Å². The molecular formula is C26H30N6O4. The number of fused-ring (bicyclic) bond motifs is 3. The molecular weight excluding hydrogens is 460 g/mol. The van der Waals surface area contributed by atoms with Crippen LogP contribution in [0.2, 0.25) is 0 Å². The van der Waals surface area contributed by atoms with Crippen molar-refractivity contribution in [2.75, 3.05) is 6.54 Å². The Morgan fingerprint density at radius 3 is 2.39 bits per heavy atom. The standard InChI is InChI=1S/C26H30N6O4/c1-16(2)13-27-23(34)19-10-11-20-21(12-19)32-25(29-31(26(32)36)15-22(33)28-17(3)4)30(24(20)35)14-18-8-6-5-7-9-18/h5-12,16-17H,13-15H2,1-4H3,(H,27,34)(H,28,33). The van der Waals surface area contributed by atoms with Crippen molar-refractivity contribution < 1.29 is 9.59 Å². The third kappa shape index (κ3) is 5.07. The number of carbonyl (C=O) groups is 2. The van der Waals surface area contributed by atoms with Crippen molar-refractivity contribution >= 4 is 28.5 Å². The second-order valence-corrected chi connectivity index (χ2v) is 9.51. The van der Waals surface area contributed by atoms with Crippen LogP contribution in [0.3, 0.4) is 0 Å². The summed E-state index contributed by atoms with van der Waals surface area (Å²) in [6, 6.07) is 13.9. The molecule has 0 bridgehead atoms. The van der Waals surface area contributed by atoms with Crippen molar-refractivity contribution in [3.8, 4) is 0 Å². The van der Waals surface area contributed by atoms with E-state index in [1.54, 1.807) is 12.1 Å². The molecule has 0 aliphatic carbocycles. The topological polar surface area (TPSA) is 120 Å². The predicted octanol–water partition coefficient (Wildman–Crippen LogP) is 1.77. The fraction of sp³-hybridized carbons (Fsp3) is 0.346. The summed E-state index contributed by atoms with van der Waals surface area (Å²) in [6.45, 7) is 8.00. The van der Waals surface area contributed by atoms with Crippen molar-refractivity contribution in [2.45, 2.75) is 46.8 Å². The highest BCUT2D eigenvalue weighted by atomic mass is 16.2. The summed E-state index contributed by atoms with van der Waals surface area (Å²) in [5.41, 5.74) is 0.513. The number of nitrogens with one attached hydrogen (secondary N) is 2. The average Bonchev–Trinajstić information content (AvgIpc) is 3.15. The summed E-state index contributed by atoms with van der Waals surface area (Å²) in [4.78, 5) is 52.1. The van der Waals surface area contributed by atoms with Gasteiger partial charge in [0.2, 0.25) is 11.7 Å². The Morgan fingerprint density at radius 2 is 1.72 bits per heavy atom. The maximum atomic E-state index is 13.5. The number of rotatable bonds is 8. The minimum absolute atomic E-state index is 0.0958. The smallest absolute Gasteiger partial charge is 0.352 e. The molecule has 0 spiro atoms. The zero-order chi connectivity index (χ0) is 26.0. The summed E-state index contributed by atoms with van der Waals surface area (Å²) in [5, 5.41) is 10.2. The van der Waals surface area contributed by atoms with Crippen LogP contribution in [-0.4, -0.2) is 43.1 Å². The van der Waals surface area contributed by atoms with Gasteiger partial charge in [0.25, 0.3) is 11.5 Å². The first-order chi connectivity index (χ1) is 17.2. The Morgan fingerprint density at radius 1 is 1.00 bits per heavy atom. The zero-order valence-electron chi connectivity index (χ0n) is 20.8. The molecule has 2 heterocycles. The Labute approximate surface area is 207 Å². The summed E-state index contributed by atoms with van der Waals surface area (Å²) in [5.74, 6) is -0.308. The number of nitrogens with zero attached hydrogens (tertiary/aromatic N) is 4. The van der Waals surface area contributed by atoms with Gasteiger partial charge < -0.3 is 10.6 Å². The van der Waals surface area contributed by atoms with Crippen LogP contribution in [0.15, 0.2) is 58.1 Å². The van der Waals surface area contributed by atoms with Gasteiger partial charge in [0.15, 0.2) is 0 Å². The Balaban J connectivity index is 1.92. The molecule has 4 rings (SSSR count). The Bertz CT molecular complexity index is 1550. The molecule has 0 aliphatic heterocycles. The monoisotopic (exact) mass is 490 g/mol. The SMILES string of the molecule is CC(C)CNC(=O)c1ccc2c(=O)n(Cc3ccccc3)c3nn(CC(=O)NC(C)C)c(=O)n3c2c1. The zero-order valence-corrected chi connectivity index (χ0v) is 20.8. The van der Waals surface area contributed by atoms with Gasteiger partial charge in [-0.05, 0) is 43.5 Å². The lowest BCUT2D eigenvalue weighted by Crippen LogP contribution is -2.36. The van der Waals surface area contributed by atoms with Crippen molar-refractivity contribution in [1.82, 2.24) is 29.4 Å². The minimum atomic E-state index is -0.574. The van der Waals surface area contributed by atoms with Crippen LogP contribution in [0.1, 0.15) is 43.6 Å². The molecule has 10 nitrogen and oxygen atoms in total. The maximum Gasteiger partial charge on any atom is 0.352 e. The van der Waals surface area contributed by atoms with E-state index in [4.69, 9.17) is 0 Å². The highest BCUT2D eigenvalue weighted by Gasteiger charge is 2.20. The van der Waals surface area contributed by atoms with E-state index in [-0.39, 0.29) is 59.1 Å². The van der Waals surface area contributed by atoms with Crippen LogP contribution < -0.4 is 21.9 Å². The molecule has 2 aromatic heterocycles. The lowest BCUT2D eigenvalue weighted by molar-refractivity contribution is -0.122. The molecule has 0 atom stereocenters. The van der Waals surface area contributed by atoms with Crippen molar-refractivity contribution in [2.24, 2.45) is 5.92 Å². The maximum absolute atomic E-state index is 13.5. The van der Waals surface area contributed by atoms with Gasteiger partial charge in [-0.2, -0.15) is 0 Å². The van der Waals surface area contributed by atoms with Crippen LogP contribution in [0.4, 0.5) is 0 Å². The van der Waals surface area contributed by atoms with Gasteiger partial charge in [-0.25, -0.2) is 13.9 Å².